The number of amides is 1. The van der Waals surface area contributed by atoms with Gasteiger partial charge in [-0.25, -0.2) is 8.78 Å². The van der Waals surface area contributed by atoms with Crippen molar-refractivity contribution in [2.75, 3.05) is 18.5 Å². The number of hydrogen-bond donors (Lipinski definition) is 1. The van der Waals surface area contributed by atoms with Crippen LogP contribution in [-0.4, -0.2) is 19.5 Å². The molecule has 17 heavy (non-hydrogen) atoms. The van der Waals surface area contributed by atoms with E-state index in [9.17, 15) is 13.6 Å². The van der Waals surface area contributed by atoms with Gasteiger partial charge in [0.1, 0.15) is 11.6 Å². The quantitative estimate of drug-likeness (QED) is 0.876. The molecule has 2 N–H and O–H groups in total. The van der Waals surface area contributed by atoms with Crippen LogP contribution in [0.1, 0.15) is 13.3 Å². The summed E-state index contributed by atoms with van der Waals surface area (Å²) in [5.74, 6) is -1.62. The number of benzene rings is 1. The molecule has 0 spiro atoms. The van der Waals surface area contributed by atoms with Gasteiger partial charge in [0.05, 0.1) is 5.69 Å². The van der Waals surface area contributed by atoms with E-state index in [0.29, 0.717) is 6.54 Å². The van der Waals surface area contributed by atoms with Crippen LogP contribution in [0.25, 0.3) is 0 Å². The minimum absolute atomic E-state index is 0.0356. The molecule has 0 heterocycles. The third-order valence-corrected chi connectivity index (χ3v) is 2.57. The van der Waals surface area contributed by atoms with E-state index in [0.717, 1.165) is 12.1 Å². The van der Waals surface area contributed by atoms with Gasteiger partial charge in [0.15, 0.2) is 0 Å². The van der Waals surface area contributed by atoms with Crippen LogP contribution in [0.3, 0.4) is 0 Å². The molecule has 5 heteroatoms. The first-order chi connectivity index (χ1) is 7.95. The fourth-order valence-corrected chi connectivity index (χ4v) is 1.41. The first-order valence-corrected chi connectivity index (χ1v) is 5.37. The van der Waals surface area contributed by atoms with Gasteiger partial charge in [0.25, 0.3) is 0 Å². The molecule has 94 valence electrons. The molecule has 1 unspecified atom stereocenters. The van der Waals surface area contributed by atoms with Crippen LogP contribution in [0.5, 0.6) is 0 Å². The lowest BCUT2D eigenvalue weighted by molar-refractivity contribution is -0.119. The van der Waals surface area contributed by atoms with Gasteiger partial charge in [-0.1, -0.05) is 6.92 Å². The minimum atomic E-state index is -0.749. The fraction of sp³-hybridized carbons (Fsp3) is 0.417. The van der Waals surface area contributed by atoms with Crippen molar-refractivity contribution in [1.82, 2.24) is 0 Å². The summed E-state index contributed by atoms with van der Waals surface area (Å²) in [4.78, 5) is 12.9. The number of rotatable bonds is 4. The molecule has 1 aromatic rings. The third kappa shape index (κ3) is 3.49. The van der Waals surface area contributed by atoms with Crippen LogP contribution in [-0.2, 0) is 4.79 Å². The summed E-state index contributed by atoms with van der Waals surface area (Å²) >= 11 is 0. The Kier molecular flexibility index (Phi) is 4.57. The van der Waals surface area contributed by atoms with Crippen LogP contribution >= 0.6 is 0 Å². The first kappa shape index (κ1) is 13.6. The predicted molar refractivity (Wildman–Crippen MR) is 62.6 cm³/mol. The smallest absolute Gasteiger partial charge is 0.227 e. The summed E-state index contributed by atoms with van der Waals surface area (Å²) < 4.78 is 26.1. The highest BCUT2D eigenvalue weighted by molar-refractivity contribution is 5.93. The predicted octanol–water partition coefficient (Wildman–Crippen LogP) is 1.91. The molecule has 0 saturated carbocycles. The molecule has 0 saturated heterocycles. The van der Waals surface area contributed by atoms with Crippen molar-refractivity contribution in [2.45, 2.75) is 13.3 Å². The first-order valence-electron chi connectivity index (χ1n) is 5.37. The number of carbonyl (C=O) groups is 1. The zero-order valence-electron chi connectivity index (χ0n) is 9.91. The van der Waals surface area contributed by atoms with Gasteiger partial charge >= 0.3 is 0 Å². The summed E-state index contributed by atoms with van der Waals surface area (Å²) in [6.07, 6.45) is 0.240. The second-order valence-electron chi connectivity index (χ2n) is 4.09. The van der Waals surface area contributed by atoms with E-state index in [4.69, 9.17) is 5.73 Å². The van der Waals surface area contributed by atoms with Crippen LogP contribution in [0, 0.1) is 17.6 Å². The molecule has 3 nitrogen and oxygen atoms in total. The molecule has 0 aliphatic heterocycles. The molecule has 1 rings (SSSR count). The molecule has 0 fully saturated rings. The lowest BCUT2D eigenvalue weighted by Gasteiger charge is -2.19. The number of halogens is 2. The van der Waals surface area contributed by atoms with Gasteiger partial charge < -0.3 is 10.6 Å². The summed E-state index contributed by atoms with van der Waals surface area (Å²) in [5, 5.41) is 0. The van der Waals surface area contributed by atoms with Crippen LogP contribution in [0.15, 0.2) is 18.2 Å². The summed E-state index contributed by atoms with van der Waals surface area (Å²) in [7, 11) is 1.46. The highest BCUT2D eigenvalue weighted by Crippen LogP contribution is 2.20. The monoisotopic (exact) mass is 242 g/mol. The maximum Gasteiger partial charge on any atom is 0.227 e. The summed E-state index contributed by atoms with van der Waals surface area (Å²) in [6, 6.07) is 3.12. The summed E-state index contributed by atoms with van der Waals surface area (Å²) in [5.41, 5.74) is 5.48. The number of hydrogen-bond acceptors (Lipinski definition) is 2. The molecule has 0 aromatic heterocycles. The molecule has 1 atom stereocenters. The van der Waals surface area contributed by atoms with E-state index < -0.39 is 11.6 Å². The Bertz CT molecular complexity index is 409. The second-order valence-corrected chi connectivity index (χ2v) is 4.09. The molecular formula is C12H16F2N2O. The zero-order chi connectivity index (χ0) is 13.0. The molecule has 1 amide bonds. The van der Waals surface area contributed by atoms with Crippen molar-refractivity contribution >= 4 is 11.6 Å². The maximum atomic E-state index is 13.4. The molecule has 1 aromatic carbocycles. The van der Waals surface area contributed by atoms with Crippen LogP contribution < -0.4 is 10.6 Å². The van der Waals surface area contributed by atoms with Crippen molar-refractivity contribution in [3.05, 3.63) is 29.8 Å². The average molecular weight is 242 g/mol. The zero-order valence-corrected chi connectivity index (χ0v) is 9.91. The molecule has 0 aliphatic carbocycles. The van der Waals surface area contributed by atoms with Gasteiger partial charge in [-0.3, -0.25) is 4.79 Å². The van der Waals surface area contributed by atoms with Gasteiger partial charge in [0, 0.05) is 19.5 Å². The Morgan fingerprint density at radius 3 is 2.65 bits per heavy atom. The van der Waals surface area contributed by atoms with Crippen LogP contribution in [0.2, 0.25) is 0 Å². The number of nitrogens with zero attached hydrogens (tertiary/aromatic N) is 1. The maximum absolute atomic E-state index is 13.4. The average Bonchev–Trinajstić information content (AvgIpc) is 2.28. The molecule has 0 radical (unpaired) electrons. The van der Waals surface area contributed by atoms with E-state index in [1.165, 1.54) is 18.0 Å². The van der Waals surface area contributed by atoms with E-state index in [2.05, 4.69) is 0 Å². The van der Waals surface area contributed by atoms with Crippen molar-refractivity contribution in [3.63, 3.8) is 0 Å². The Labute approximate surface area is 99.2 Å². The van der Waals surface area contributed by atoms with E-state index in [1.54, 1.807) is 0 Å². The molecule has 0 bridgehead atoms. The minimum Gasteiger partial charge on any atom is -0.330 e. The highest BCUT2D eigenvalue weighted by Gasteiger charge is 2.17. The third-order valence-electron chi connectivity index (χ3n) is 2.57. The lowest BCUT2D eigenvalue weighted by Crippen LogP contribution is -2.30. The molecule has 0 aliphatic rings. The highest BCUT2D eigenvalue weighted by atomic mass is 19.1. The van der Waals surface area contributed by atoms with Gasteiger partial charge in [-0.2, -0.15) is 0 Å². The fourth-order valence-electron chi connectivity index (χ4n) is 1.41. The van der Waals surface area contributed by atoms with Crippen LogP contribution in [0.4, 0.5) is 14.5 Å². The van der Waals surface area contributed by atoms with E-state index >= 15 is 0 Å². The molecular weight excluding hydrogens is 226 g/mol. The Morgan fingerprint density at radius 2 is 2.12 bits per heavy atom. The summed E-state index contributed by atoms with van der Waals surface area (Å²) in [6.45, 7) is 2.23. The van der Waals surface area contributed by atoms with Crippen molar-refractivity contribution < 1.29 is 13.6 Å². The van der Waals surface area contributed by atoms with E-state index in [-0.39, 0.29) is 23.9 Å². The Morgan fingerprint density at radius 1 is 1.47 bits per heavy atom. The van der Waals surface area contributed by atoms with Crippen molar-refractivity contribution in [1.29, 1.82) is 0 Å². The van der Waals surface area contributed by atoms with Gasteiger partial charge in [-0.05, 0) is 24.6 Å². The van der Waals surface area contributed by atoms with E-state index in [1.807, 2.05) is 6.92 Å². The SMILES string of the molecule is CC(CN)CC(=O)N(C)c1ccc(F)cc1F. The van der Waals surface area contributed by atoms with Crippen molar-refractivity contribution in [2.24, 2.45) is 11.7 Å². The Balaban J connectivity index is 2.81. The Hall–Kier alpha value is -1.49. The topological polar surface area (TPSA) is 46.3 Å². The normalized spacial score (nSPS) is 12.3. The largest absolute Gasteiger partial charge is 0.330 e. The van der Waals surface area contributed by atoms with Gasteiger partial charge in [-0.15, -0.1) is 0 Å². The standard InChI is InChI=1S/C12H16F2N2O/c1-8(7-15)5-12(17)16(2)11-4-3-9(13)6-10(11)14/h3-4,6,8H,5,7,15H2,1-2H3. The second kappa shape index (κ2) is 5.72. The van der Waals surface area contributed by atoms with Crippen molar-refractivity contribution in [3.8, 4) is 0 Å². The number of carbonyl (C=O) groups excluding carboxylic acids is 1. The number of anilines is 1. The number of nitrogens with two attached hydrogens (primary N) is 1. The lowest BCUT2D eigenvalue weighted by atomic mass is 10.1. The van der Waals surface area contributed by atoms with Gasteiger partial charge in [0.2, 0.25) is 5.91 Å².